The summed E-state index contributed by atoms with van der Waals surface area (Å²) in [5.41, 5.74) is 8.04. The first kappa shape index (κ1) is 21.3. The third-order valence-corrected chi connectivity index (χ3v) is 5.52. The monoisotopic (exact) mass is 436 g/mol. The number of aliphatic imine (C=N–C) groups is 2. The highest BCUT2D eigenvalue weighted by molar-refractivity contribution is 6.16. The fourth-order valence-corrected chi connectivity index (χ4v) is 3.83. The van der Waals surface area contributed by atoms with Crippen LogP contribution in [0.4, 0.5) is 11.4 Å². The molecule has 0 N–H and O–H groups in total. The number of nitrogens with zero attached hydrogens (tertiary/aromatic N) is 2. The largest absolute Gasteiger partial charge is 0.248 e. The average Bonchev–Trinajstić information content (AvgIpc) is 2.93. The zero-order valence-electron chi connectivity index (χ0n) is 18.8. The van der Waals surface area contributed by atoms with Crippen LogP contribution in [0.15, 0.2) is 156 Å². The van der Waals surface area contributed by atoms with E-state index in [1.165, 1.54) is 0 Å². The van der Waals surface area contributed by atoms with Crippen molar-refractivity contribution in [3.8, 4) is 0 Å². The van der Waals surface area contributed by atoms with Gasteiger partial charge in [-0.1, -0.05) is 121 Å². The molecule has 5 aromatic rings. The predicted octanol–water partition coefficient (Wildman–Crippen LogP) is 8.02. The number of benzene rings is 5. The van der Waals surface area contributed by atoms with Crippen LogP contribution in [0.2, 0.25) is 0 Å². The highest BCUT2D eigenvalue weighted by Gasteiger charge is 2.11. The molecular formula is C32H24N2. The Balaban J connectivity index is 1.57. The van der Waals surface area contributed by atoms with Crippen LogP contribution in [0.1, 0.15) is 22.3 Å². The van der Waals surface area contributed by atoms with Crippen LogP contribution in [-0.4, -0.2) is 11.4 Å². The molecule has 0 fully saturated rings. The SMILES string of the molecule is c1ccc(N=C(c2ccccc2)c2ccc(C(=Nc3ccccc3)c3ccccc3)cc2)cc1. The van der Waals surface area contributed by atoms with Gasteiger partial charge in [0.05, 0.1) is 22.8 Å². The van der Waals surface area contributed by atoms with Crippen molar-refractivity contribution in [2.24, 2.45) is 9.98 Å². The molecule has 162 valence electrons. The van der Waals surface area contributed by atoms with Crippen molar-refractivity contribution in [2.45, 2.75) is 0 Å². The van der Waals surface area contributed by atoms with Gasteiger partial charge in [-0.3, -0.25) is 0 Å². The Morgan fingerprint density at radius 3 is 0.882 bits per heavy atom. The summed E-state index contributed by atoms with van der Waals surface area (Å²) in [5.74, 6) is 0. The number of hydrogen-bond donors (Lipinski definition) is 0. The average molecular weight is 437 g/mol. The maximum Gasteiger partial charge on any atom is 0.0781 e. The van der Waals surface area contributed by atoms with Gasteiger partial charge in [-0.05, 0) is 24.3 Å². The summed E-state index contributed by atoms with van der Waals surface area (Å²) in [6.07, 6.45) is 0. The fraction of sp³-hybridized carbons (Fsp3) is 0. The van der Waals surface area contributed by atoms with Crippen molar-refractivity contribution in [2.75, 3.05) is 0 Å². The molecule has 0 amide bonds. The molecule has 5 aromatic carbocycles. The van der Waals surface area contributed by atoms with Gasteiger partial charge in [0, 0.05) is 22.3 Å². The standard InChI is InChI=1S/C32H24N2/c1-5-13-25(14-6-1)31(33-29-17-9-3-10-18-29)27-21-23-28(24-22-27)32(26-15-7-2-8-16-26)34-30-19-11-4-12-20-30/h1-24H. The minimum atomic E-state index is 0.932. The third-order valence-electron chi connectivity index (χ3n) is 5.52. The summed E-state index contributed by atoms with van der Waals surface area (Å²) in [7, 11) is 0. The van der Waals surface area contributed by atoms with Crippen molar-refractivity contribution in [3.63, 3.8) is 0 Å². The van der Waals surface area contributed by atoms with Gasteiger partial charge in [0.25, 0.3) is 0 Å². The van der Waals surface area contributed by atoms with Crippen LogP contribution in [0.5, 0.6) is 0 Å². The summed E-state index contributed by atoms with van der Waals surface area (Å²) < 4.78 is 0. The summed E-state index contributed by atoms with van der Waals surface area (Å²) in [6.45, 7) is 0. The van der Waals surface area contributed by atoms with E-state index in [1.807, 2.05) is 97.1 Å². The van der Waals surface area contributed by atoms with Crippen LogP contribution in [-0.2, 0) is 0 Å². The summed E-state index contributed by atoms with van der Waals surface area (Å²) >= 11 is 0. The molecule has 0 bridgehead atoms. The topological polar surface area (TPSA) is 24.7 Å². The first-order valence-electron chi connectivity index (χ1n) is 11.4. The Labute approximate surface area is 200 Å². The first-order valence-corrected chi connectivity index (χ1v) is 11.4. The maximum absolute atomic E-state index is 4.99. The molecule has 0 saturated carbocycles. The van der Waals surface area contributed by atoms with Gasteiger partial charge < -0.3 is 0 Å². The Hall–Kier alpha value is -4.56. The van der Waals surface area contributed by atoms with Gasteiger partial charge in [0.1, 0.15) is 0 Å². The molecule has 0 radical (unpaired) electrons. The van der Waals surface area contributed by atoms with Crippen LogP contribution in [0.3, 0.4) is 0 Å². The first-order chi connectivity index (χ1) is 16.9. The second-order valence-electron chi connectivity index (χ2n) is 7.90. The van der Waals surface area contributed by atoms with E-state index in [1.54, 1.807) is 0 Å². The van der Waals surface area contributed by atoms with E-state index in [0.29, 0.717) is 0 Å². The minimum absolute atomic E-state index is 0.932. The number of rotatable bonds is 6. The normalized spacial score (nSPS) is 11.9. The molecule has 0 aromatic heterocycles. The van der Waals surface area contributed by atoms with Gasteiger partial charge in [0.2, 0.25) is 0 Å². The molecule has 0 unspecified atom stereocenters. The molecule has 2 heteroatoms. The molecule has 0 spiro atoms. The van der Waals surface area contributed by atoms with E-state index in [0.717, 1.165) is 45.1 Å². The Kier molecular flexibility index (Phi) is 6.50. The van der Waals surface area contributed by atoms with Crippen LogP contribution in [0.25, 0.3) is 0 Å². The van der Waals surface area contributed by atoms with Crippen LogP contribution in [0, 0.1) is 0 Å². The van der Waals surface area contributed by atoms with E-state index in [2.05, 4.69) is 48.5 Å². The molecular weight excluding hydrogens is 412 g/mol. The van der Waals surface area contributed by atoms with Gasteiger partial charge in [-0.15, -0.1) is 0 Å². The van der Waals surface area contributed by atoms with Gasteiger partial charge in [-0.25, -0.2) is 9.98 Å². The maximum atomic E-state index is 4.99. The van der Waals surface area contributed by atoms with E-state index in [4.69, 9.17) is 9.98 Å². The zero-order valence-corrected chi connectivity index (χ0v) is 18.8. The van der Waals surface area contributed by atoms with Crippen molar-refractivity contribution in [3.05, 3.63) is 168 Å². The smallest absolute Gasteiger partial charge is 0.0781 e. The molecule has 0 atom stereocenters. The second kappa shape index (κ2) is 10.4. The molecule has 0 aliphatic carbocycles. The fourth-order valence-electron chi connectivity index (χ4n) is 3.83. The zero-order chi connectivity index (χ0) is 23.0. The Bertz CT molecular complexity index is 1280. The Morgan fingerprint density at radius 2 is 0.559 bits per heavy atom. The number of hydrogen-bond acceptors (Lipinski definition) is 2. The summed E-state index contributed by atoms with van der Waals surface area (Å²) in [6, 6.07) is 49.3. The predicted molar refractivity (Wildman–Crippen MR) is 143 cm³/mol. The van der Waals surface area contributed by atoms with Crippen LogP contribution >= 0.6 is 0 Å². The van der Waals surface area contributed by atoms with E-state index < -0.39 is 0 Å². The molecule has 0 saturated heterocycles. The summed E-state index contributed by atoms with van der Waals surface area (Å²) in [5, 5.41) is 0. The van der Waals surface area contributed by atoms with Crippen LogP contribution < -0.4 is 0 Å². The molecule has 5 rings (SSSR count). The molecule has 2 nitrogen and oxygen atoms in total. The van der Waals surface area contributed by atoms with E-state index >= 15 is 0 Å². The molecule has 34 heavy (non-hydrogen) atoms. The van der Waals surface area contributed by atoms with Crippen molar-refractivity contribution in [1.29, 1.82) is 0 Å². The van der Waals surface area contributed by atoms with Gasteiger partial charge in [-0.2, -0.15) is 0 Å². The van der Waals surface area contributed by atoms with Crippen molar-refractivity contribution < 1.29 is 0 Å². The van der Waals surface area contributed by atoms with E-state index in [-0.39, 0.29) is 0 Å². The lowest BCUT2D eigenvalue weighted by molar-refractivity contribution is 1.45. The lowest BCUT2D eigenvalue weighted by Gasteiger charge is -2.11. The molecule has 0 aliphatic heterocycles. The second-order valence-corrected chi connectivity index (χ2v) is 7.90. The van der Waals surface area contributed by atoms with Gasteiger partial charge >= 0.3 is 0 Å². The Morgan fingerprint density at radius 1 is 0.294 bits per heavy atom. The van der Waals surface area contributed by atoms with Crippen molar-refractivity contribution in [1.82, 2.24) is 0 Å². The van der Waals surface area contributed by atoms with Crippen molar-refractivity contribution >= 4 is 22.8 Å². The van der Waals surface area contributed by atoms with E-state index in [9.17, 15) is 0 Å². The molecule has 0 aliphatic rings. The quantitative estimate of drug-likeness (QED) is 0.241. The van der Waals surface area contributed by atoms with Gasteiger partial charge in [0.15, 0.2) is 0 Å². The number of para-hydroxylation sites is 2. The highest BCUT2D eigenvalue weighted by Crippen LogP contribution is 2.21. The molecule has 0 heterocycles. The highest BCUT2D eigenvalue weighted by atomic mass is 14.8. The lowest BCUT2D eigenvalue weighted by atomic mass is 9.97. The third kappa shape index (κ3) is 5.08. The lowest BCUT2D eigenvalue weighted by Crippen LogP contribution is -2.06. The minimum Gasteiger partial charge on any atom is -0.248 e. The summed E-state index contributed by atoms with van der Waals surface area (Å²) in [4.78, 5) is 9.97.